The SMILES string of the molecule is CN1CCC(OC(c2ccccc2)c2nc3cc(F)c(F)cc3[nH]2)CC1. The number of hydrogen-bond acceptors (Lipinski definition) is 3. The van der Waals surface area contributed by atoms with Crippen LogP contribution in [0.3, 0.4) is 0 Å². The molecule has 0 bridgehead atoms. The van der Waals surface area contributed by atoms with Crippen LogP contribution in [0, 0.1) is 11.6 Å². The number of imidazole rings is 1. The molecule has 6 heteroatoms. The highest BCUT2D eigenvalue weighted by molar-refractivity contribution is 5.75. The molecule has 0 spiro atoms. The molecule has 4 nitrogen and oxygen atoms in total. The van der Waals surface area contributed by atoms with Gasteiger partial charge in [-0.1, -0.05) is 30.3 Å². The van der Waals surface area contributed by atoms with Crippen LogP contribution in [0.25, 0.3) is 11.0 Å². The summed E-state index contributed by atoms with van der Waals surface area (Å²) >= 11 is 0. The van der Waals surface area contributed by atoms with E-state index in [4.69, 9.17) is 4.74 Å². The number of benzene rings is 2. The molecule has 136 valence electrons. The Bertz CT molecular complexity index is 850. The van der Waals surface area contributed by atoms with Gasteiger partial charge in [0.2, 0.25) is 0 Å². The predicted octanol–water partition coefficient (Wildman–Crippen LogP) is 4.04. The second kappa shape index (κ2) is 7.13. The quantitative estimate of drug-likeness (QED) is 0.766. The van der Waals surface area contributed by atoms with Crippen molar-refractivity contribution in [3.8, 4) is 0 Å². The Morgan fingerprint density at radius 1 is 1.12 bits per heavy atom. The highest BCUT2D eigenvalue weighted by atomic mass is 19.2. The van der Waals surface area contributed by atoms with Gasteiger partial charge in [0.25, 0.3) is 0 Å². The molecule has 3 aromatic rings. The van der Waals surface area contributed by atoms with Crippen molar-refractivity contribution in [1.82, 2.24) is 14.9 Å². The predicted molar refractivity (Wildman–Crippen MR) is 95.9 cm³/mol. The molecule has 2 aromatic carbocycles. The summed E-state index contributed by atoms with van der Waals surface area (Å²) in [6.07, 6.45) is 1.62. The molecule has 1 aromatic heterocycles. The Morgan fingerprint density at radius 2 is 1.81 bits per heavy atom. The molecule has 1 fully saturated rings. The second-order valence-electron chi connectivity index (χ2n) is 6.83. The standard InChI is InChI=1S/C20H21F2N3O/c1-25-9-7-14(8-10-25)26-19(13-5-3-2-4-6-13)20-23-17-11-15(21)16(22)12-18(17)24-20/h2-6,11-12,14,19H,7-10H2,1H3,(H,23,24). The molecule has 0 saturated carbocycles. The Morgan fingerprint density at radius 3 is 2.54 bits per heavy atom. The lowest BCUT2D eigenvalue weighted by Gasteiger charge is -2.31. The lowest BCUT2D eigenvalue weighted by molar-refractivity contribution is -0.0264. The van der Waals surface area contributed by atoms with E-state index in [2.05, 4.69) is 21.9 Å². The Hall–Kier alpha value is -2.31. The number of hydrogen-bond donors (Lipinski definition) is 1. The first-order valence-corrected chi connectivity index (χ1v) is 8.84. The van der Waals surface area contributed by atoms with Crippen molar-refractivity contribution in [1.29, 1.82) is 0 Å². The molecule has 2 heterocycles. The lowest BCUT2D eigenvalue weighted by atomic mass is 10.1. The number of H-pyrrole nitrogens is 1. The van der Waals surface area contributed by atoms with Gasteiger partial charge in [-0.3, -0.25) is 0 Å². The average Bonchev–Trinajstić information content (AvgIpc) is 3.04. The summed E-state index contributed by atoms with van der Waals surface area (Å²) < 4.78 is 33.5. The van der Waals surface area contributed by atoms with E-state index < -0.39 is 17.7 Å². The lowest BCUT2D eigenvalue weighted by Crippen LogP contribution is -2.35. The van der Waals surface area contributed by atoms with Crippen LogP contribution in [0.1, 0.15) is 30.3 Å². The van der Waals surface area contributed by atoms with E-state index in [1.807, 2.05) is 30.3 Å². The zero-order chi connectivity index (χ0) is 18.1. The van der Waals surface area contributed by atoms with E-state index in [1.165, 1.54) is 0 Å². The zero-order valence-corrected chi connectivity index (χ0v) is 14.6. The molecular weight excluding hydrogens is 336 g/mol. The van der Waals surface area contributed by atoms with Gasteiger partial charge in [-0.05, 0) is 25.5 Å². The molecular formula is C20H21F2N3O. The fourth-order valence-electron chi connectivity index (χ4n) is 3.39. The molecule has 1 unspecified atom stereocenters. The third kappa shape index (κ3) is 3.48. The van der Waals surface area contributed by atoms with Crippen LogP contribution >= 0.6 is 0 Å². The minimum absolute atomic E-state index is 0.123. The topological polar surface area (TPSA) is 41.1 Å². The van der Waals surface area contributed by atoms with Crippen LogP contribution in [-0.2, 0) is 4.74 Å². The van der Waals surface area contributed by atoms with Crippen LogP contribution < -0.4 is 0 Å². The normalized spacial score (nSPS) is 17.7. The first-order chi connectivity index (χ1) is 12.6. The molecule has 1 aliphatic heterocycles. The van der Waals surface area contributed by atoms with E-state index in [0.29, 0.717) is 16.9 Å². The van der Waals surface area contributed by atoms with E-state index in [9.17, 15) is 8.78 Å². The van der Waals surface area contributed by atoms with Crippen LogP contribution in [0.5, 0.6) is 0 Å². The number of nitrogens with one attached hydrogen (secondary N) is 1. The summed E-state index contributed by atoms with van der Waals surface area (Å²) in [4.78, 5) is 9.86. The molecule has 0 aliphatic carbocycles. The molecule has 1 N–H and O–H groups in total. The number of aromatic amines is 1. The van der Waals surface area contributed by atoms with Crippen molar-refractivity contribution in [2.75, 3.05) is 20.1 Å². The van der Waals surface area contributed by atoms with Gasteiger partial charge in [-0.2, -0.15) is 0 Å². The van der Waals surface area contributed by atoms with Gasteiger partial charge in [0, 0.05) is 25.2 Å². The van der Waals surface area contributed by atoms with Crippen molar-refractivity contribution in [3.05, 3.63) is 65.5 Å². The molecule has 26 heavy (non-hydrogen) atoms. The summed E-state index contributed by atoms with van der Waals surface area (Å²) in [6, 6.07) is 12.0. The van der Waals surface area contributed by atoms with E-state index in [-0.39, 0.29) is 6.10 Å². The van der Waals surface area contributed by atoms with Crippen molar-refractivity contribution >= 4 is 11.0 Å². The third-order valence-corrected chi connectivity index (χ3v) is 4.89. The average molecular weight is 357 g/mol. The third-order valence-electron chi connectivity index (χ3n) is 4.89. The van der Waals surface area contributed by atoms with E-state index in [0.717, 1.165) is 43.6 Å². The number of halogens is 2. The van der Waals surface area contributed by atoms with Gasteiger partial charge in [0.05, 0.1) is 17.1 Å². The van der Waals surface area contributed by atoms with Crippen LogP contribution in [0.4, 0.5) is 8.78 Å². The zero-order valence-electron chi connectivity index (χ0n) is 14.6. The van der Waals surface area contributed by atoms with Gasteiger partial charge in [-0.15, -0.1) is 0 Å². The molecule has 1 aliphatic rings. The number of piperidine rings is 1. The van der Waals surface area contributed by atoms with Gasteiger partial charge >= 0.3 is 0 Å². The summed E-state index contributed by atoms with van der Waals surface area (Å²) in [5.74, 6) is -1.22. The molecule has 4 rings (SSSR count). The van der Waals surface area contributed by atoms with Crippen molar-refractivity contribution in [3.63, 3.8) is 0 Å². The number of nitrogens with zero attached hydrogens (tertiary/aromatic N) is 2. The first-order valence-electron chi connectivity index (χ1n) is 8.84. The molecule has 1 atom stereocenters. The van der Waals surface area contributed by atoms with Crippen LogP contribution in [0.15, 0.2) is 42.5 Å². The summed E-state index contributed by atoms with van der Waals surface area (Å²) in [5.41, 5.74) is 1.82. The van der Waals surface area contributed by atoms with Gasteiger partial charge in [0.15, 0.2) is 11.6 Å². The first kappa shape index (κ1) is 17.1. The monoisotopic (exact) mass is 357 g/mol. The number of aromatic nitrogens is 2. The number of likely N-dealkylation sites (tertiary alicyclic amines) is 1. The fraction of sp³-hybridized carbons (Fsp3) is 0.350. The van der Waals surface area contributed by atoms with E-state index in [1.54, 1.807) is 0 Å². The number of ether oxygens (including phenoxy) is 1. The van der Waals surface area contributed by atoms with Gasteiger partial charge in [-0.25, -0.2) is 13.8 Å². The summed E-state index contributed by atoms with van der Waals surface area (Å²) in [7, 11) is 2.10. The Balaban J connectivity index is 1.68. The highest BCUT2D eigenvalue weighted by Gasteiger charge is 2.26. The molecule has 0 radical (unpaired) electrons. The van der Waals surface area contributed by atoms with Crippen molar-refractivity contribution < 1.29 is 13.5 Å². The maximum Gasteiger partial charge on any atom is 0.161 e. The highest BCUT2D eigenvalue weighted by Crippen LogP contribution is 2.30. The van der Waals surface area contributed by atoms with Crippen LogP contribution in [0.2, 0.25) is 0 Å². The molecule has 0 amide bonds. The van der Waals surface area contributed by atoms with Gasteiger partial charge < -0.3 is 14.6 Å². The number of rotatable bonds is 4. The summed E-state index contributed by atoms with van der Waals surface area (Å²) in [5, 5.41) is 0. The van der Waals surface area contributed by atoms with Crippen LogP contribution in [-0.4, -0.2) is 41.1 Å². The maximum absolute atomic E-state index is 13.5. The smallest absolute Gasteiger partial charge is 0.161 e. The van der Waals surface area contributed by atoms with Crippen molar-refractivity contribution in [2.45, 2.75) is 25.0 Å². The minimum Gasteiger partial charge on any atom is -0.362 e. The van der Waals surface area contributed by atoms with Gasteiger partial charge in [0.1, 0.15) is 11.9 Å². The maximum atomic E-state index is 13.5. The Kier molecular flexibility index (Phi) is 4.70. The van der Waals surface area contributed by atoms with E-state index >= 15 is 0 Å². The molecule has 1 saturated heterocycles. The Labute approximate surface area is 150 Å². The number of fused-ring (bicyclic) bond motifs is 1. The largest absolute Gasteiger partial charge is 0.362 e. The van der Waals surface area contributed by atoms with Crippen molar-refractivity contribution in [2.24, 2.45) is 0 Å². The fourth-order valence-corrected chi connectivity index (χ4v) is 3.39. The summed E-state index contributed by atoms with van der Waals surface area (Å²) in [6.45, 7) is 1.98. The second-order valence-corrected chi connectivity index (χ2v) is 6.83. The minimum atomic E-state index is -0.900.